The van der Waals surface area contributed by atoms with E-state index in [1.807, 2.05) is 24.3 Å². The Bertz CT molecular complexity index is 1560. The number of rotatable bonds is 4. The molecule has 2 aromatic rings. The number of hydrogen-bond donors (Lipinski definition) is 1. The Morgan fingerprint density at radius 1 is 0.907 bits per heavy atom. The minimum atomic E-state index is -1.85. The molecule has 3 aliphatic heterocycles. The molecular formula is C33H33Cl2N3O5. The van der Waals surface area contributed by atoms with Crippen LogP contribution < -0.4 is 0 Å². The molecule has 0 bridgehead atoms. The number of hydrogen-bond acceptors (Lipinski definition) is 6. The van der Waals surface area contributed by atoms with Crippen molar-refractivity contribution in [2.45, 2.75) is 53.9 Å². The molecule has 3 heterocycles. The standard InChI is InChI=1S/C33H33Cl2N3O5/c1-36-30(42)32(34)17-25-23(27(33(32,35)31(36)43)20-8-5-9-22(39)16-20)10-11-24-26(25)29(41)38(28(24)40)21-12-14-37(15-13-21)18-19-6-3-2-4-7-19/h2-10,16,21,24-27,39H,11-15,17-18H2,1H3. The van der Waals surface area contributed by atoms with Gasteiger partial charge in [0.05, 0.1) is 11.8 Å². The summed E-state index contributed by atoms with van der Waals surface area (Å²) in [5, 5.41) is 10.3. The van der Waals surface area contributed by atoms with Crippen molar-refractivity contribution >= 4 is 46.8 Å². The minimum Gasteiger partial charge on any atom is -0.508 e. The molecule has 1 N–H and O–H groups in total. The van der Waals surface area contributed by atoms with Crippen LogP contribution in [0.5, 0.6) is 5.75 Å². The number of imide groups is 2. The van der Waals surface area contributed by atoms with Crippen molar-refractivity contribution in [3.63, 3.8) is 0 Å². The summed E-state index contributed by atoms with van der Waals surface area (Å²) in [5.74, 6) is -4.30. The quantitative estimate of drug-likeness (QED) is 0.314. The molecule has 4 fully saturated rings. The smallest absolute Gasteiger partial charge is 0.253 e. The van der Waals surface area contributed by atoms with Crippen LogP contribution >= 0.6 is 23.2 Å². The van der Waals surface area contributed by atoms with Crippen LogP contribution in [-0.4, -0.2) is 79.4 Å². The highest BCUT2D eigenvalue weighted by atomic mass is 35.5. The number of fused-ring (bicyclic) bond motifs is 4. The van der Waals surface area contributed by atoms with Gasteiger partial charge in [-0.3, -0.25) is 33.9 Å². The first kappa shape index (κ1) is 28.6. The molecule has 0 aromatic heterocycles. The molecule has 0 spiro atoms. The Balaban J connectivity index is 1.20. The van der Waals surface area contributed by atoms with Gasteiger partial charge in [-0.15, -0.1) is 23.2 Å². The highest BCUT2D eigenvalue weighted by Crippen LogP contribution is 2.65. The van der Waals surface area contributed by atoms with E-state index in [0.717, 1.165) is 30.1 Å². The van der Waals surface area contributed by atoms with Crippen LogP contribution in [0.15, 0.2) is 66.2 Å². The maximum absolute atomic E-state index is 14.2. The zero-order chi connectivity index (χ0) is 30.3. The van der Waals surface area contributed by atoms with E-state index in [0.29, 0.717) is 24.8 Å². The normalized spacial score (nSPS) is 34.7. The van der Waals surface area contributed by atoms with Crippen molar-refractivity contribution in [2.24, 2.45) is 17.8 Å². The number of halogens is 2. The number of benzene rings is 2. The van der Waals surface area contributed by atoms with Crippen LogP contribution in [-0.2, 0) is 25.7 Å². The lowest BCUT2D eigenvalue weighted by Gasteiger charge is -2.50. The molecule has 2 aromatic carbocycles. The summed E-state index contributed by atoms with van der Waals surface area (Å²) in [6, 6.07) is 16.5. The molecule has 43 heavy (non-hydrogen) atoms. The van der Waals surface area contributed by atoms with Gasteiger partial charge in [-0.1, -0.05) is 54.1 Å². The Kier molecular flexibility index (Phi) is 6.76. The maximum Gasteiger partial charge on any atom is 0.253 e. The number of nitrogens with zero attached hydrogens (tertiary/aromatic N) is 3. The molecule has 6 atom stereocenters. The van der Waals surface area contributed by atoms with Crippen LogP contribution in [0.3, 0.4) is 0 Å². The highest BCUT2D eigenvalue weighted by Gasteiger charge is 2.76. The van der Waals surface area contributed by atoms with E-state index < -0.39 is 45.2 Å². The molecule has 0 radical (unpaired) electrons. The number of phenolic OH excluding ortho intramolecular Hbond substituents is 1. The summed E-state index contributed by atoms with van der Waals surface area (Å²) in [7, 11) is 1.37. The van der Waals surface area contributed by atoms with Crippen molar-refractivity contribution in [3.8, 4) is 5.75 Å². The van der Waals surface area contributed by atoms with Crippen LogP contribution in [0.4, 0.5) is 0 Å². The molecule has 1 saturated carbocycles. The fraction of sp³-hybridized carbons (Fsp3) is 0.455. The second kappa shape index (κ2) is 10.2. The first-order valence-corrected chi connectivity index (χ1v) is 15.6. The van der Waals surface area contributed by atoms with Crippen molar-refractivity contribution in [1.82, 2.24) is 14.7 Å². The van der Waals surface area contributed by atoms with E-state index in [4.69, 9.17) is 23.2 Å². The minimum absolute atomic E-state index is 0.0172. The van der Waals surface area contributed by atoms with Gasteiger partial charge >= 0.3 is 0 Å². The SMILES string of the molecule is CN1C(=O)C2(Cl)CC3C(=CCC4C(=O)N(C5CCN(Cc6ccccc6)CC5)C(=O)C43)C(c3cccc(O)c3)C2(Cl)C1=O. The Morgan fingerprint density at radius 3 is 2.33 bits per heavy atom. The van der Waals surface area contributed by atoms with Crippen molar-refractivity contribution in [2.75, 3.05) is 20.1 Å². The molecular weight excluding hydrogens is 589 g/mol. The van der Waals surface area contributed by atoms with Gasteiger partial charge in [-0.25, -0.2) is 0 Å². The zero-order valence-electron chi connectivity index (χ0n) is 23.8. The highest BCUT2D eigenvalue weighted by molar-refractivity contribution is 6.53. The molecule has 10 heteroatoms. The van der Waals surface area contributed by atoms with Crippen molar-refractivity contribution < 1.29 is 24.3 Å². The van der Waals surface area contributed by atoms with E-state index in [1.54, 1.807) is 12.1 Å². The van der Waals surface area contributed by atoms with Gasteiger partial charge in [-0.2, -0.15) is 0 Å². The monoisotopic (exact) mass is 621 g/mol. The molecule has 2 aliphatic carbocycles. The maximum atomic E-state index is 14.2. The van der Waals surface area contributed by atoms with Gasteiger partial charge in [0.15, 0.2) is 9.75 Å². The molecule has 4 amide bonds. The van der Waals surface area contributed by atoms with E-state index in [1.165, 1.54) is 29.6 Å². The number of aromatic hydroxyl groups is 1. The van der Waals surface area contributed by atoms with E-state index in [-0.39, 0.29) is 30.0 Å². The molecule has 3 saturated heterocycles. The van der Waals surface area contributed by atoms with E-state index in [9.17, 15) is 24.3 Å². The largest absolute Gasteiger partial charge is 0.508 e. The first-order valence-electron chi connectivity index (χ1n) is 14.9. The van der Waals surface area contributed by atoms with E-state index >= 15 is 0 Å². The van der Waals surface area contributed by atoms with Gasteiger partial charge in [-0.05, 0) is 54.9 Å². The number of carbonyl (C=O) groups is 4. The second-order valence-electron chi connectivity index (χ2n) is 12.6. The Labute approximate surface area is 260 Å². The van der Waals surface area contributed by atoms with Gasteiger partial charge in [0.2, 0.25) is 11.8 Å². The fourth-order valence-electron chi connectivity index (χ4n) is 8.38. The summed E-state index contributed by atoms with van der Waals surface area (Å²) in [5.41, 5.74) is 2.49. The number of alkyl halides is 2. The zero-order valence-corrected chi connectivity index (χ0v) is 25.3. The lowest BCUT2D eigenvalue weighted by molar-refractivity contribution is -0.144. The second-order valence-corrected chi connectivity index (χ2v) is 13.9. The number of likely N-dealkylation sites (tertiary alicyclic amines) is 3. The third-order valence-corrected chi connectivity index (χ3v) is 11.8. The molecule has 224 valence electrons. The average Bonchev–Trinajstić information content (AvgIpc) is 3.33. The van der Waals surface area contributed by atoms with Gasteiger partial charge in [0.1, 0.15) is 5.75 Å². The van der Waals surface area contributed by atoms with Gasteiger partial charge in [0.25, 0.3) is 11.8 Å². The predicted octanol–water partition coefficient (Wildman–Crippen LogP) is 4.05. The summed E-state index contributed by atoms with van der Waals surface area (Å²) in [6.45, 7) is 2.38. The van der Waals surface area contributed by atoms with Crippen molar-refractivity contribution in [3.05, 3.63) is 77.4 Å². The van der Waals surface area contributed by atoms with Gasteiger partial charge < -0.3 is 5.11 Å². The third kappa shape index (κ3) is 4.06. The first-order chi connectivity index (χ1) is 20.6. The predicted molar refractivity (Wildman–Crippen MR) is 160 cm³/mol. The number of allylic oxidation sites excluding steroid dienone is 2. The van der Waals surface area contributed by atoms with Crippen LogP contribution in [0.25, 0.3) is 0 Å². The van der Waals surface area contributed by atoms with Crippen molar-refractivity contribution in [1.29, 1.82) is 0 Å². The Morgan fingerprint density at radius 2 is 1.63 bits per heavy atom. The van der Waals surface area contributed by atoms with Crippen LogP contribution in [0.1, 0.15) is 42.7 Å². The van der Waals surface area contributed by atoms with E-state index in [2.05, 4.69) is 17.0 Å². The van der Waals surface area contributed by atoms with Crippen LogP contribution in [0, 0.1) is 17.8 Å². The lowest BCUT2D eigenvalue weighted by atomic mass is 9.56. The average molecular weight is 623 g/mol. The number of carbonyl (C=O) groups excluding carboxylic acids is 4. The Hall–Kier alpha value is -3.20. The molecule has 7 rings (SSSR count). The summed E-state index contributed by atoms with van der Waals surface area (Å²) in [6.07, 6.45) is 3.62. The third-order valence-electron chi connectivity index (χ3n) is 10.4. The topological polar surface area (TPSA) is 98.2 Å². The summed E-state index contributed by atoms with van der Waals surface area (Å²) in [4.78, 5) is 56.5. The number of amides is 4. The lowest BCUT2D eigenvalue weighted by Crippen LogP contribution is -2.60. The number of piperidine rings is 1. The van der Waals surface area contributed by atoms with Crippen LogP contribution in [0.2, 0.25) is 0 Å². The molecule has 5 aliphatic rings. The molecule has 6 unspecified atom stereocenters. The molecule has 8 nitrogen and oxygen atoms in total. The summed E-state index contributed by atoms with van der Waals surface area (Å²) >= 11 is 14.4. The summed E-state index contributed by atoms with van der Waals surface area (Å²) < 4.78 is 0. The van der Waals surface area contributed by atoms with Gasteiger partial charge in [0, 0.05) is 38.6 Å². The fourth-order valence-corrected chi connectivity index (χ4v) is 9.40. The number of phenols is 1.